The molecule has 0 aromatic carbocycles. The van der Waals surface area contributed by atoms with Crippen molar-refractivity contribution in [2.45, 2.75) is 81.8 Å². The SMILES string of the molecule is O=C(CC1CC2CCC(C1)N2)NCC1(N2CCCCC2)CCOCC1. The zero-order valence-corrected chi connectivity index (χ0v) is 15.6. The van der Waals surface area contributed by atoms with Crippen LogP contribution < -0.4 is 10.6 Å². The number of rotatable bonds is 5. The van der Waals surface area contributed by atoms with Crippen LogP contribution in [0.1, 0.15) is 64.2 Å². The Labute approximate surface area is 152 Å². The average molecular weight is 350 g/mol. The lowest BCUT2D eigenvalue weighted by Gasteiger charge is -2.48. The molecule has 4 rings (SSSR count). The van der Waals surface area contributed by atoms with E-state index in [1.165, 1.54) is 58.0 Å². The number of nitrogens with one attached hydrogen (secondary N) is 2. The van der Waals surface area contributed by atoms with Crippen LogP contribution in [0.15, 0.2) is 0 Å². The summed E-state index contributed by atoms with van der Waals surface area (Å²) in [6.07, 6.45) is 11.8. The van der Waals surface area contributed by atoms with Crippen LogP contribution >= 0.6 is 0 Å². The van der Waals surface area contributed by atoms with Crippen LogP contribution in [0, 0.1) is 5.92 Å². The Morgan fingerprint density at radius 2 is 1.76 bits per heavy atom. The summed E-state index contributed by atoms with van der Waals surface area (Å²) in [5, 5.41) is 7.01. The van der Waals surface area contributed by atoms with Crippen molar-refractivity contribution in [3.63, 3.8) is 0 Å². The molecule has 4 aliphatic rings. The Balaban J connectivity index is 1.30. The fraction of sp³-hybridized carbons (Fsp3) is 0.950. The topological polar surface area (TPSA) is 53.6 Å². The highest BCUT2D eigenvalue weighted by molar-refractivity contribution is 5.76. The summed E-state index contributed by atoms with van der Waals surface area (Å²) >= 11 is 0. The maximum atomic E-state index is 12.6. The summed E-state index contributed by atoms with van der Waals surface area (Å²) in [5.74, 6) is 0.855. The Hall–Kier alpha value is -0.650. The number of nitrogens with zero attached hydrogens (tertiary/aromatic N) is 1. The van der Waals surface area contributed by atoms with Crippen molar-refractivity contribution in [1.29, 1.82) is 0 Å². The number of fused-ring (bicyclic) bond motifs is 2. The molecule has 0 aromatic rings. The summed E-state index contributed by atoms with van der Waals surface area (Å²) in [6, 6.07) is 1.35. The molecular weight excluding hydrogens is 314 g/mol. The zero-order valence-electron chi connectivity index (χ0n) is 15.6. The summed E-state index contributed by atoms with van der Waals surface area (Å²) < 4.78 is 5.63. The maximum absolute atomic E-state index is 12.6. The van der Waals surface area contributed by atoms with E-state index in [0.717, 1.165) is 39.0 Å². The molecule has 5 heteroatoms. The van der Waals surface area contributed by atoms with Gasteiger partial charge in [-0.1, -0.05) is 6.42 Å². The predicted molar refractivity (Wildman–Crippen MR) is 98.5 cm³/mol. The number of likely N-dealkylation sites (tertiary alicyclic amines) is 1. The van der Waals surface area contributed by atoms with Gasteiger partial charge in [0, 0.05) is 43.8 Å². The normalized spacial score (nSPS) is 35.4. The van der Waals surface area contributed by atoms with Gasteiger partial charge >= 0.3 is 0 Å². The van der Waals surface area contributed by atoms with Gasteiger partial charge in [-0.25, -0.2) is 0 Å². The first-order valence-electron chi connectivity index (χ1n) is 10.6. The second kappa shape index (κ2) is 7.93. The lowest BCUT2D eigenvalue weighted by Crippen LogP contribution is -2.59. The fourth-order valence-electron chi connectivity index (χ4n) is 5.66. The van der Waals surface area contributed by atoms with Crippen molar-refractivity contribution < 1.29 is 9.53 Å². The summed E-state index contributed by atoms with van der Waals surface area (Å²) in [6.45, 7) is 4.86. The Bertz CT molecular complexity index is 446. The van der Waals surface area contributed by atoms with Crippen LogP contribution in [0.4, 0.5) is 0 Å². The zero-order chi connectivity index (χ0) is 17.1. The minimum absolute atomic E-state index is 0.140. The molecule has 142 valence electrons. The third-order valence-corrected chi connectivity index (χ3v) is 7.11. The molecule has 0 aliphatic carbocycles. The number of piperidine rings is 2. The standard InChI is InChI=1S/C20H35N3O2/c24-19(14-16-12-17-4-5-18(13-16)22-17)21-15-20(6-10-25-11-7-20)23-8-2-1-3-9-23/h16-18,22H,1-15H2,(H,21,24). The molecule has 25 heavy (non-hydrogen) atoms. The molecule has 2 atom stereocenters. The molecule has 2 N–H and O–H groups in total. The predicted octanol–water partition coefficient (Wildman–Crippen LogP) is 2.06. The minimum Gasteiger partial charge on any atom is -0.381 e. The molecule has 0 saturated carbocycles. The van der Waals surface area contributed by atoms with Crippen LogP contribution in [0.2, 0.25) is 0 Å². The van der Waals surface area contributed by atoms with Crippen molar-refractivity contribution in [3.8, 4) is 0 Å². The van der Waals surface area contributed by atoms with Gasteiger partial charge in [-0.2, -0.15) is 0 Å². The van der Waals surface area contributed by atoms with Crippen LogP contribution in [0.5, 0.6) is 0 Å². The lowest BCUT2D eigenvalue weighted by molar-refractivity contribution is -0.123. The highest BCUT2D eigenvalue weighted by Crippen LogP contribution is 2.33. The van der Waals surface area contributed by atoms with Crippen molar-refractivity contribution in [2.24, 2.45) is 5.92 Å². The van der Waals surface area contributed by atoms with Gasteiger partial charge in [0.25, 0.3) is 0 Å². The Morgan fingerprint density at radius 1 is 1.08 bits per heavy atom. The van der Waals surface area contributed by atoms with Crippen LogP contribution in [-0.2, 0) is 9.53 Å². The van der Waals surface area contributed by atoms with E-state index >= 15 is 0 Å². The number of amides is 1. The molecular formula is C20H35N3O2. The molecule has 1 amide bonds. The number of hydrogen-bond donors (Lipinski definition) is 2. The van der Waals surface area contributed by atoms with Gasteiger partial charge in [0.15, 0.2) is 0 Å². The molecule has 0 aromatic heterocycles. The molecule has 4 saturated heterocycles. The smallest absolute Gasteiger partial charge is 0.220 e. The van der Waals surface area contributed by atoms with E-state index in [1.807, 2.05) is 0 Å². The highest BCUT2D eigenvalue weighted by Gasteiger charge is 2.39. The quantitative estimate of drug-likeness (QED) is 0.798. The lowest BCUT2D eigenvalue weighted by atomic mass is 9.85. The second-order valence-corrected chi connectivity index (χ2v) is 8.84. The van der Waals surface area contributed by atoms with E-state index in [9.17, 15) is 4.79 Å². The summed E-state index contributed by atoms with van der Waals surface area (Å²) in [5.41, 5.74) is 0.140. The van der Waals surface area contributed by atoms with Crippen molar-refractivity contribution >= 4 is 5.91 Å². The molecule has 2 unspecified atom stereocenters. The van der Waals surface area contributed by atoms with Crippen LogP contribution in [-0.4, -0.2) is 61.3 Å². The van der Waals surface area contributed by atoms with Gasteiger partial charge < -0.3 is 15.4 Å². The summed E-state index contributed by atoms with van der Waals surface area (Å²) in [4.78, 5) is 15.3. The molecule has 4 aliphatic heterocycles. The van der Waals surface area contributed by atoms with E-state index in [4.69, 9.17) is 4.74 Å². The van der Waals surface area contributed by atoms with Crippen molar-refractivity contribution in [3.05, 3.63) is 0 Å². The third-order valence-electron chi connectivity index (χ3n) is 7.11. The highest BCUT2D eigenvalue weighted by atomic mass is 16.5. The molecule has 4 fully saturated rings. The first kappa shape index (κ1) is 17.7. The monoisotopic (exact) mass is 349 g/mol. The molecule has 5 nitrogen and oxygen atoms in total. The largest absolute Gasteiger partial charge is 0.381 e. The molecule has 4 heterocycles. The second-order valence-electron chi connectivity index (χ2n) is 8.84. The number of ether oxygens (including phenoxy) is 1. The van der Waals surface area contributed by atoms with E-state index in [2.05, 4.69) is 15.5 Å². The number of carbonyl (C=O) groups is 1. The van der Waals surface area contributed by atoms with Gasteiger partial charge in [0.2, 0.25) is 5.91 Å². The summed E-state index contributed by atoms with van der Waals surface area (Å²) in [7, 11) is 0. The van der Waals surface area contributed by atoms with Gasteiger partial charge in [0.05, 0.1) is 0 Å². The first-order chi connectivity index (χ1) is 12.2. The Kier molecular flexibility index (Phi) is 5.63. The van der Waals surface area contributed by atoms with E-state index < -0.39 is 0 Å². The van der Waals surface area contributed by atoms with Gasteiger partial charge in [-0.15, -0.1) is 0 Å². The molecule has 2 bridgehead atoms. The Morgan fingerprint density at radius 3 is 2.44 bits per heavy atom. The van der Waals surface area contributed by atoms with E-state index in [1.54, 1.807) is 0 Å². The van der Waals surface area contributed by atoms with E-state index in [0.29, 0.717) is 18.0 Å². The fourth-order valence-corrected chi connectivity index (χ4v) is 5.66. The first-order valence-corrected chi connectivity index (χ1v) is 10.6. The average Bonchev–Trinajstić information content (AvgIpc) is 3.00. The minimum atomic E-state index is 0.140. The number of hydrogen-bond acceptors (Lipinski definition) is 4. The molecule has 0 radical (unpaired) electrons. The third kappa shape index (κ3) is 4.20. The maximum Gasteiger partial charge on any atom is 0.220 e. The van der Waals surface area contributed by atoms with Gasteiger partial charge in [-0.05, 0) is 70.4 Å². The van der Waals surface area contributed by atoms with Gasteiger partial charge in [0.1, 0.15) is 0 Å². The van der Waals surface area contributed by atoms with E-state index in [-0.39, 0.29) is 11.4 Å². The molecule has 0 spiro atoms. The van der Waals surface area contributed by atoms with Crippen molar-refractivity contribution in [1.82, 2.24) is 15.5 Å². The van der Waals surface area contributed by atoms with Crippen molar-refractivity contribution in [2.75, 3.05) is 32.8 Å². The van der Waals surface area contributed by atoms with Crippen LogP contribution in [0.3, 0.4) is 0 Å². The number of carbonyl (C=O) groups excluding carboxylic acids is 1. The van der Waals surface area contributed by atoms with Crippen LogP contribution in [0.25, 0.3) is 0 Å². The van der Waals surface area contributed by atoms with Gasteiger partial charge in [-0.3, -0.25) is 9.69 Å².